The highest BCUT2D eigenvalue weighted by Gasteiger charge is 2.47. The molecule has 2 atom stereocenters. The Hall–Kier alpha value is -2.13. The fourth-order valence-electron chi connectivity index (χ4n) is 3.69. The maximum absolute atomic E-state index is 11.5. The third-order valence-corrected chi connectivity index (χ3v) is 4.61. The number of carbonyl (C=O) groups is 1. The first-order valence-electron chi connectivity index (χ1n) is 7.74. The summed E-state index contributed by atoms with van der Waals surface area (Å²) >= 11 is 0. The molecular weight excluding hydrogens is 276 g/mol. The molecule has 22 heavy (non-hydrogen) atoms. The average Bonchev–Trinajstić information content (AvgIpc) is 3.08. The van der Waals surface area contributed by atoms with E-state index >= 15 is 0 Å². The summed E-state index contributed by atoms with van der Waals surface area (Å²) < 4.78 is 11.9. The Morgan fingerprint density at radius 3 is 2.91 bits per heavy atom. The van der Waals surface area contributed by atoms with Gasteiger partial charge in [0.05, 0.1) is 0 Å². The molecule has 112 valence electrons. The van der Waals surface area contributed by atoms with Crippen molar-refractivity contribution in [1.29, 1.82) is 0 Å². The molecule has 4 rings (SSSR count). The first kappa shape index (κ1) is 13.5. The highest BCUT2D eigenvalue weighted by Crippen LogP contribution is 2.49. The van der Waals surface area contributed by atoms with Crippen molar-refractivity contribution < 1.29 is 14.3 Å². The van der Waals surface area contributed by atoms with E-state index in [9.17, 15) is 4.79 Å². The smallest absolute Gasteiger partial charge is 0.308 e. The van der Waals surface area contributed by atoms with E-state index < -0.39 is 0 Å². The van der Waals surface area contributed by atoms with Crippen LogP contribution >= 0.6 is 0 Å². The maximum Gasteiger partial charge on any atom is 0.308 e. The lowest BCUT2D eigenvalue weighted by atomic mass is 9.93. The van der Waals surface area contributed by atoms with Gasteiger partial charge in [-0.15, -0.1) is 0 Å². The maximum atomic E-state index is 11.5. The van der Waals surface area contributed by atoms with Crippen molar-refractivity contribution in [2.45, 2.75) is 37.9 Å². The van der Waals surface area contributed by atoms with Gasteiger partial charge in [-0.2, -0.15) is 0 Å². The van der Waals surface area contributed by atoms with Crippen molar-refractivity contribution in [3.8, 4) is 0 Å². The largest absolute Gasteiger partial charge is 0.427 e. The predicted molar refractivity (Wildman–Crippen MR) is 83.8 cm³/mol. The Labute approximate surface area is 129 Å². The number of ether oxygens (including phenoxy) is 2. The number of esters is 1. The number of fused-ring (bicyclic) bond motifs is 1. The number of carbonyl (C=O) groups excluding carboxylic acids is 1. The van der Waals surface area contributed by atoms with E-state index in [2.05, 4.69) is 24.3 Å². The minimum Gasteiger partial charge on any atom is -0.427 e. The Morgan fingerprint density at radius 1 is 1.32 bits per heavy atom. The Balaban J connectivity index is 1.87. The van der Waals surface area contributed by atoms with Gasteiger partial charge in [-0.1, -0.05) is 36.4 Å². The summed E-state index contributed by atoms with van der Waals surface area (Å²) in [5.41, 5.74) is 2.88. The number of rotatable bonds is 2. The molecule has 2 heterocycles. The number of benzene rings is 1. The van der Waals surface area contributed by atoms with Crippen molar-refractivity contribution in [2.75, 3.05) is 0 Å². The lowest BCUT2D eigenvalue weighted by Crippen LogP contribution is -2.28. The highest BCUT2D eigenvalue weighted by atomic mass is 16.5. The van der Waals surface area contributed by atoms with Gasteiger partial charge in [0.25, 0.3) is 0 Å². The van der Waals surface area contributed by atoms with Crippen molar-refractivity contribution in [3.63, 3.8) is 0 Å². The molecule has 0 N–H and O–H groups in total. The highest BCUT2D eigenvalue weighted by molar-refractivity contribution is 5.77. The molecule has 0 radical (unpaired) electrons. The van der Waals surface area contributed by atoms with Gasteiger partial charge in [0.15, 0.2) is 0 Å². The molecule has 3 aliphatic rings. The molecule has 1 aromatic rings. The van der Waals surface area contributed by atoms with Gasteiger partial charge in [-0.05, 0) is 42.6 Å². The lowest BCUT2D eigenvalue weighted by Gasteiger charge is -2.25. The van der Waals surface area contributed by atoms with Crippen LogP contribution in [0.3, 0.4) is 0 Å². The van der Waals surface area contributed by atoms with Gasteiger partial charge in [0, 0.05) is 12.5 Å². The third kappa shape index (κ3) is 2.04. The summed E-state index contributed by atoms with van der Waals surface area (Å²) in [4.78, 5) is 11.5. The van der Waals surface area contributed by atoms with Crippen LogP contribution in [0.4, 0.5) is 0 Å². The molecule has 1 saturated carbocycles. The fraction of sp³-hybridized carbons (Fsp3) is 0.316. The molecule has 0 aromatic heterocycles. The molecule has 1 aromatic carbocycles. The van der Waals surface area contributed by atoms with Gasteiger partial charge in [-0.3, -0.25) is 4.79 Å². The van der Waals surface area contributed by atoms with E-state index in [-0.39, 0.29) is 17.7 Å². The third-order valence-electron chi connectivity index (χ3n) is 4.61. The summed E-state index contributed by atoms with van der Waals surface area (Å²) in [5, 5.41) is 0. The van der Waals surface area contributed by atoms with Crippen LogP contribution < -0.4 is 0 Å². The summed E-state index contributed by atoms with van der Waals surface area (Å²) in [6, 6.07) is 10.1. The van der Waals surface area contributed by atoms with Crippen molar-refractivity contribution in [2.24, 2.45) is 0 Å². The summed E-state index contributed by atoms with van der Waals surface area (Å²) in [7, 11) is 0. The second kappa shape index (κ2) is 4.96. The number of allylic oxidation sites excluding steroid dienone is 1. The quantitative estimate of drug-likeness (QED) is 0.615. The van der Waals surface area contributed by atoms with Crippen LogP contribution in [0.1, 0.15) is 31.7 Å². The standard InChI is InChI=1S/C19H18O3/c1-13(20)21-18-12-15(14-6-3-2-4-7-14)17-9-11-19(22-17)10-5-8-16(18)19/h2-4,6-7,9,11-12,17H,5,8,10H2,1H3. The van der Waals surface area contributed by atoms with Crippen molar-refractivity contribution in [1.82, 2.24) is 0 Å². The Morgan fingerprint density at radius 2 is 2.14 bits per heavy atom. The molecule has 0 saturated heterocycles. The Bertz CT molecular complexity index is 711. The summed E-state index contributed by atoms with van der Waals surface area (Å²) in [6.45, 7) is 1.45. The van der Waals surface area contributed by atoms with Gasteiger partial charge in [0.2, 0.25) is 0 Å². The minimum atomic E-state index is -0.373. The van der Waals surface area contributed by atoms with Crippen molar-refractivity contribution >= 4 is 11.5 Å². The van der Waals surface area contributed by atoms with Crippen LogP contribution in [0.15, 0.2) is 59.9 Å². The van der Waals surface area contributed by atoms with Gasteiger partial charge in [-0.25, -0.2) is 0 Å². The average molecular weight is 294 g/mol. The lowest BCUT2D eigenvalue weighted by molar-refractivity contribution is -0.136. The molecule has 3 heteroatoms. The molecule has 2 aliphatic heterocycles. The van der Waals surface area contributed by atoms with Gasteiger partial charge >= 0.3 is 5.97 Å². The zero-order valence-electron chi connectivity index (χ0n) is 12.5. The van der Waals surface area contributed by atoms with Gasteiger partial charge < -0.3 is 9.47 Å². The van der Waals surface area contributed by atoms with Crippen LogP contribution in [0.25, 0.3) is 5.57 Å². The van der Waals surface area contributed by atoms with Crippen LogP contribution in [0.5, 0.6) is 0 Å². The normalized spacial score (nSPS) is 29.1. The zero-order valence-corrected chi connectivity index (χ0v) is 12.5. The first-order valence-corrected chi connectivity index (χ1v) is 7.74. The summed E-state index contributed by atoms with van der Waals surface area (Å²) in [6.07, 6.45) is 9.13. The molecule has 1 aliphatic carbocycles. The van der Waals surface area contributed by atoms with Crippen LogP contribution in [-0.4, -0.2) is 17.7 Å². The van der Waals surface area contributed by atoms with Crippen LogP contribution in [0, 0.1) is 0 Å². The minimum absolute atomic E-state index is 0.0800. The molecule has 3 nitrogen and oxygen atoms in total. The van der Waals surface area contributed by atoms with E-state index in [0.29, 0.717) is 5.76 Å². The zero-order chi connectivity index (χ0) is 15.2. The molecule has 2 unspecified atom stereocenters. The number of hydrogen-bond donors (Lipinski definition) is 0. The first-order chi connectivity index (χ1) is 10.7. The SMILES string of the molecule is CC(=O)OC1=C2CCCC23C=CC(O3)C(c2ccccc2)=C1. The molecule has 2 bridgehead atoms. The molecular formula is C19H18O3. The van der Waals surface area contributed by atoms with Gasteiger partial charge in [0.1, 0.15) is 17.5 Å². The van der Waals surface area contributed by atoms with E-state index in [1.54, 1.807) is 0 Å². The Kier molecular flexibility index (Phi) is 3.05. The van der Waals surface area contributed by atoms with Crippen LogP contribution in [0.2, 0.25) is 0 Å². The molecule has 0 amide bonds. The van der Waals surface area contributed by atoms with E-state index in [1.165, 1.54) is 6.92 Å². The van der Waals surface area contributed by atoms with Crippen molar-refractivity contribution in [3.05, 3.63) is 65.5 Å². The molecule has 1 fully saturated rings. The number of hydrogen-bond acceptors (Lipinski definition) is 3. The van der Waals surface area contributed by atoms with E-state index in [1.807, 2.05) is 24.3 Å². The van der Waals surface area contributed by atoms with Crippen LogP contribution in [-0.2, 0) is 14.3 Å². The second-order valence-electron chi connectivity index (χ2n) is 6.04. The van der Waals surface area contributed by atoms with E-state index in [4.69, 9.17) is 9.47 Å². The predicted octanol–water partition coefficient (Wildman–Crippen LogP) is 3.78. The topological polar surface area (TPSA) is 35.5 Å². The molecule has 1 spiro atoms. The summed E-state index contributed by atoms with van der Waals surface area (Å²) in [5.74, 6) is 0.394. The second-order valence-corrected chi connectivity index (χ2v) is 6.04. The fourth-order valence-corrected chi connectivity index (χ4v) is 3.69. The monoisotopic (exact) mass is 294 g/mol. The van der Waals surface area contributed by atoms with E-state index in [0.717, 1.165) is 36.0 Å².